The van der Waals surface area contributed by atoms with E-state index in [0.717, 1.165) is 0 Å². The lowest BCUT2D eigenvalue weighted by atomic mass is 10.3. The topological polar surface area (TPSA) is 18.5 Å². The minimum Gasteiger partial charge on any atom is -0.495 e. The van der Waals surface area contributed by atoms with Gasteiger partial charge in [0.15, 0.2) is 5.75 Å². The summed E-state index contributed by atoms with van der Waals surface area (Å²) in [5, 5.41) is 0.924. The molecular formula is C8H7Cl3O2. The van der Waals surface area contributed by atoms with Crippen LogP contribution in [0.25, 0.3) is 0 Å². The van der Waals surface area contributed by atoms with Crippen LogP contribution in [0, 0.1) is 0 Å². The van der Waals surface area contributed by atoms with Gasteiger partial charge in [0.2, 0.25) is 0 Å². The first-order chi connectivity index (χ1) is 6.11. The summed E-state index contributed by atoms with van der Waals surface area (Å²) in [5.41, 5.74) is 0. The average Bonchev–Trinajstić information content (AvgIpc) is 2.12. The number of benzene rings is 1. The van der Waals surface area contributed by atoms with Crippen molar-refractivity contribution in [2.75, 3.05) is 14.2 Å². The minimum atomic E-state index is 0.258. The van der Waals surface area contributed by atoms with E-state index in [2.05, 4.69) is 0 Å². The summed E-state index contributed by atoms with van der Waals surface area (Å²) in [6.45, 7) is 0. The molecule has 0 saturated heterocycles. The van der Waals surface area contributed by atoms with Gasteiger partial charge in [-0.05, 0) is 0 Å². The van der Waals surface area contributed by atoms with Crippen LogP contribution in [0.5, 0.6) is 11.5 Å². The molecule has 0 saturated carbocycles. The highest BCUT2D eigenvalue weighted by Gasteiger charge is 2.15. The van der Waals surface area contributed by atoms with Crippen LogP contribution in [0.3, 0.4) is 0 Å². The first kappa shape index (κ1) is 10.8. The fourth-order valence-corrected chi connectivity index (χ4v) is 1.70. The first-order valence-electron chi connectivity index (χ1n) is 3.37. The number of methoxy groups -OCH3 is 2. The number of halogens is 3. The van der Waals surface area contributed by atoms with Crippen molar-refractivity contribution < 1.29 is 9.47 Å². The molecular weight excluding hydrogens is 234 g/mol. The third-order valence-electron chi connectivity index (χ3n) is 1.51. The number of hydrogen-bond donors (Lipinski definition) is 0. The predicted octanol–water partition coefficient (Wildman–Crippen LogP) is 3.66. The molecule has 0 aliphatic rings. The molecule has 0 unspecified atom stereocenters. The Bertz CT molecular complexity index is 326. The van der Waals surface area contributed by atoms with Crippen LogP contribution < -0.4 is 9.47 Å². The van der Waals surface area contributed by atoms with E-state index in [1.807, 2.05) is 0 Å². The van der Waals surface area contributed by atoms with Crippen molar-refractivity contribution in [1.29, 1.82) is 0 Å². The maximum atomic E-state index is 5.86. The third kappa shape index (κ3) is 1.96. The van der Waals surface area contributed by atoms with Crippen molar-refractivity contribution in [3.8, 4) is 11.5 Å². The Balaban J connectivity index is 3.37. The Hall–Kier alpha value is -0.310. The smallest absolute Gasteiger partial charge is 0.157 e. The van der Waals surface area contributed by atoms with E-state index >= 15 is 0 Å². The SMILES string of the molecule is COc1cc(Cl)c(OC)c(Cl)c1Cl. The molecule has 0 radical (unpaired) electrons. The zero-order valence-electron chi connectivity index (χ0n) is 7.03. The maximum Gasteiger partial charge on any atom is 0.157 e. The highest BCUT2D eigenvalue weighted by atomic mass is 35.5. The minimum absolute atomic E-state index is 0.258. The van der Waals surface area contributed by atoms with E-state index in [1.165, 1.54) is 14.2 Å². The van der Waals surface area contributed by atoms with Crippen LogP contribution >= 0.6 is 34.8 Å². The molecule has 0 N–H and O–H groups in total. The molecule has 0 spiro atoms. The Labute approximate surface area is 91.3 Å². The summed E-state index contributed by atoms with van der Waals surface area (Å²) in [7, 11) is 2.95. The van der Waals surface area contributed by atoms with Gasteiger partial charge in [0.1, 0.15) is 15.8 Å². The Morgan fingerprint density at radius 3 is 2.08 bits per heavy atom. The fraction of sp³-hybridized carbons (Fsp3) is 0.250. The van der Waals surface area contributed by atoms with E-state index in [1.54, 1.807) is 6.07 Å². The summed E-state index contributed by atoms with van der Waals surface area (Å²) in [6, 6.07) is 1.55. The highest BCUT2D eigenvalue weighted by molar-refractivity contribution is 6.45. The van der Waals surface area contributed by atoms with Crippen LogP contribution in [0.4, 0.5) is 0 Å². The predicted molar refractivity (Wildman–Crippen MR) is 54.6 cm³/mol. The van der Waals surface area contributed by atoms with Gasteiger partial charge >= 0.3 is 0 Å². The van der Waals surface area contributed by atoms with Crippen molar-refractivity contribution >= 4 is 34.8 Å². The Kier molecular flexibility index (Phi) is 3.54. The van der Waals surface area contributed by atoms with Crippen LogP contribution in [0.15, 0.2) is 6.07 Å². The lowest BCUT2D eigenvalue weighted by Gasteiger charge is -2.10. The van der Waals surface area contributed by atoms with Gasteiger partial charge in [0.05, 0.1) is 19.2 Å². The maximum absolute atomic E-state index is 5.86. The van der Waals surface area contributed by atoms with Crippen LogP contribution in [0.2, 0.25) is 15.1 Å². The van der Waals surface area contributed by atoms with Gasteiger partial charge in [-0.1, -0.05) is 34.8 Å². The standard InChI is InChI=1S/C8H7Cl3O2/c1-12-5-3-4(9)8(13-2)7(11)6(5)10/h3H,1-2H3. The summed E-state index contributed by atoms with van der Waals surface area (Å²) in [4.78, 5) is 0. The molecule has 1 aromatic rings. The monoisotopic (exact) mass is 240 g/mol. The molecule has 1 aromatic carbocycles. The lowest BCUT2D eigenvalue weighted by molar-refractivity contribution is 0.403. The zero-order chi connectivity index (χ0) is 10.0. The van der Waals surface area contributed by atoms with E-state index < -0.39 is 0 Å². The Morgan fingerprint density at radius 2 is 1.62 bits per heavy atom. The van der Waals surface area contributed by atoms with E-state index in [0.29, 0.717) is 21.5 Å². The number of ether oxygens (including phenoxy) is 2. The molecule has 2 nitrogen and oxygen atoms in total. The van der Waals surface area contributed by atoms with Gasteiger partial charge in [0.25, 0.3) is 0 Å². The summed E-state index contributed by atoms with van der Waals surface area (Å²) in [5.74, 6) is 0.784. The zero-order valence-corrected chi connectivity index (χ0v) is 9.30. The largest absolute Gasteiger partial charge is 0.495 e. The molecule has 0 bridgehead atoms. The summed E-state index contributed by atoms with van der Waals surface area (Å²) >= 11 is 17.6. The van der Waals surface area contributed by atoms with E-state index in [9.17, 15) is 0 Å². The molecule has 0 aliphatic carbocycles. The molecule has 13 heavy (non-hydrogen) atoms. The Morgan fingerprint density at radius 1 is 1.00 bits per heavy atom. The molecule has 72 valence electrons. The molecule has 5 heteroatoms. The highest BCUT2D eigenvalue weighted by Crippen LogP contribution is 2.43. The van der Waals surface area contributed by atoms with E-state index in [4.69, 9.17) is 44.3 Å². The van der Waals surface area contributed by atoms with E-state index in [-0.39, 0.29) is 5.02 Å². The average molecular weight is 242 g/mol. The van der Waals surface area contributed by atoms with Crippen LogP contribution in [-0.2, 0) is 0 Å². The van der Waals surface area contributed by atoms with Gasteiger partial charge in [0, 0.05) is 6.07 Å². The number of hydrogen-bond acceptors (Lipinski definition) is 2. The summed E-state index contributed by atoms with van der Waals surface area (Å²) in [6.07, 6.45) is 0. The molecule has 0 aromatic heterocycles. The molecule has 0 amide bonds. The third-order valence-corrected chi connectivity index (χ3v) is 2.62. The molecule has 0 aliphatic heterocycles. The van der Waals surface area contributed by atoms with Gasteiger partial charge < -0.3 is 9.47 Å². The van der Waals surface area contributed by atoms with Gasteiger partial charge in [-0.15, -0.1) is 0 Å². The normalized spacial score (nSPS) is 9.92. The fourth-order valence-electron chi connectivity index (χ4n) is 0.892. The molecule has 0 heterocycles. The first-order valence-corrected chi connectivity index (χ1v) is 4.50. The van der Waals surface area contributed by atoms with Gasteiger partial charge in [-0.25, -0.2) is 0 Å². The van der Waals surface area contributed by atoms with Crippen LogP contribution in [-0.4, -0.2) is 14.2 Å². The number of rotatable bonds is 2. The van der Waals surface area contributed by atoms with Crippen molar-refractivity contribution in [1.82, 2.24) is 0 Å². The molecule has 0 atom stereocenters. The van der Waals surface area contributed by atoms with Crippen molar-refractivity contribution in [3.63, 3.8) is 0 Å². The van der Waals surface area contributed by atoms with Crippen molar-refractivity contribution in [2.45, 2.75) is 0 Å². The second kappa shape index (κ2) is 4.27. The van der Waals surface area contributed by atoms with Crippen molar-refractivity contribution in [2.24, 2.45) is 0 Å². The lowest BCUT2D eigenvalue weighted by Crippen LogP contribution is -1.90. The molecule has 1 rings (SSSR count). The van der Waals surface area contributed by atoms with Crippen molar-refractivity contribution in [3.05, 3.63) is 21.1 Å². The summed E-state index contributed by atoms with van der Waals surface area (Å²) < 4.78 is 9.90. The van der Waals surface area contributed by atoms with Gasteiger partial charge in [-0.3, -0.25) is 0 Å². The second-order valence-electron chi connectivity index (χ2n) is 2.22. The quantitative estimate of drug-likeness (QED) is 0.736. The molecule has 0 fully saturated rings. The van der Waals surface area contributed by atoms with Gasteiger partial charge in [-0.2, -0.15) is 0 Å². The second-order valence-corrected chi connectivity index (χ2v) is 3.38. The van der Waals surface area contributed by atoms with Crippen LogP contribution in [0.1, 0.15) is 0 Å².